The van der Waals surface area contributed by atoms with Crippen LogP contribution in [0.1, 0.15) is 6.42 Å². The Kier molecular flexibility index (Phi) is 1.44. The molecule has 1 aliphatic heterocycles. The molecule has 1 aliphatic rings. The molecule has 1 atom stereocenters. The molecule has 1 unspecified atom stereocenters. The standard InChI is InChI=1S/C6H8O2/c1-2-3-6-5(7)4-8-6/h2,6H,1,3-4H2. The fourth-order valence-electron chi connectivity index (χ4n) is 0.620. The lowest BCUT2D eigenvalue weighted by Crippen LogP contribution is -2.39. The summed E-state index contributed by atoms with van der Waals surface area (Å²) < 4.78 is 4.86. The molecule has 44 valence electrons. The molecule has 0 aliphatic carbocycles. The minimum atomic E-state index is -0.160. The summed E-state index contributed by atoms with van der Waals surface area (Å²) in [7, 11) is 0. The van der Waals surface area contributed by atoms with Gasteiger partial charge in [-0.25, -0.2) is 0 Å². The fourth-order valence-corrected chi connectivity index (χ4v) is 0.620. The molecule has 1 rings (SSSR count). The number of rotatable bonds is 2. The van der Waals surface area contributed by atoms with Crippen LogP contribution in [0.3, 0.4) is 0 Å². The topological polar surface area (TPSA) is 26.3 Å². The van der Waals surface area contributed by atoms with Crippen molar-refractivity contribution in [2.75, 3.05) is 6.61 Å². The van der Waals surface area contributed by atoms with Crippen LogP contribution in [0.25, 0.3) is 0 Å². The number of hydrogen-bond donors (Lipinski definition) is 0. The number of carbonyl (C=O) groups excluding carboxylic acids is 1. The van der Waals surface area contributed by atoms with Gasteiger partial charge in [0.2, 0.25) is 0 Å². The molecule has 2 heteroatoms. The van der Waals surface area contributed by atoms with Crippen LogP contribution >= 0.6 is 0 Å². The molecule has 0 aromatic rings. The lowest BCUT2D eigenvalue weighted by molar-refractivity contribution is -0.153. The van der Waals surface area contributed by atoms with Crippen molar-refractivity contribution in [3.05, 3.63) is 12.7 Å². The highest BCUT2D eigenvalue weighted by Crippen LogP contribution is 2.10. The highest BCUT2D eigenvalue weighted by molar-refractivity contribution is 5.88. The molecule has 1 heterocycles. The largest absolute Gasteiger partial charge is 0.362 e. The van der Waals surface area contributed by atoms with Crippen LogP contribution in [0.5, 0.6) is 0 Å². The zero-order valence-corrected chi connectivity index (χ0v) is 4.59. The minimum Gasteiger partial charge on any atom is -0.362 e. The van der Waals surface area contributed by atoms with Gasteiger partial charge in [0.25, 0.3) is 0 Å². The maximum atomic E-state index is 10.4. The summed E-state index contributed by atoms with van der Waals surface area (Å²) in [5, 5.41) is 0. The molecule has 0 bridgehead atoms. The van der Waals surface area contributed by atoms with Crippen LogP contribution in [0, 0.1) is 0 Å². The number of hydrogen-bond acceptors (Lipinski definition) is 2. The van der Waals surface area contributed by atoms with E-state index in [1.54, 1.807) is 6.08 Å². The summed E-state index contributed by atoms with van der Waals surface area (Å²) in [5.41, 5.74) is 0. The zero-order valence-electron chi connectivity index (χ0n) is 4.59. The lowest BCUT2D eigenvalue weighted by Gasteiger charge is -2.22. The first-order chi connectivity index (χ1) is 3.84. The maximum Gasteiger partial charge on any atom is 0.187 e. The summed E-state index contributed by atoms with van der Waals surface area (Å²) in [6.45, 7) is 3.79. The van der Waals surface area contributed by atoms with Crippen molar-refractivity contribution < 1.29 is 9.53 Å². The molecular weight excluding hydrogens is 104 g/mol. The average Bonchev–Trinajstić information content (AvgIpc) is 1.79. The summed E-state index contributed by atoms with van der Waals surface area (Å²) in [6.07, 6.45) is 2.20. The third kappa shape index (κ3) is 0.793. The van der Waals surface area contributed by atoms with E-state index in [1.807, 2.05) is 0 Å². The molecule has 1 saturated heterocycles. The van der Waals surface area contributed by atoms with Gasteiger partial charge in [0.05, 0.1) is 0 Å². The van der Waals surface area contributed by atoms with E-state index in [0.29, 0.717) is 13.0 Å². The van der Waals surface area contributed by atoms with Crippen molar-refractivity contribution in [1.29, 1.82) is 0 Å². The first-order valence-electron chi connectivity index (χ1n) is 2.60. The number of carbonyl (C=O) groups is 1. The second-order valence-corrected chi connectivity index (χ2v) is 1.79. The molecule has 0 N–H and O–H groups in total. The van der Waals surface area contributed by atoms with E-state index in [1.165, 1.54) is 0 Å². The van der Waals surface area contributed by atoms with Gasteiger partial charge in [-0.3, -0.25) is 4.79 Å². The summed E-state index contributed by atoms with van der Waals surface area (Å²) in [4.78, 5) is 10.4. The summed E-state index contributed by atoms with van der Waals surface area (Å²) >= 11 is 0. The fraction of sp³-hybridized carbons (Fsp3) is 0.500. The molecule has 8 heavy (non-hydrogen) atoms. The van der Waals surface area contributed by atoms with Crippen molar-refractivity contribution >= 4 is 5.78 Å². The molecule has 1 fully saturated rings. The third-order valence-electron chi connectivity index (χ3n) is 1.17. The van der Waals surface area contributed by atoms with Gasteiger partial charge in [0.1, 0.15) is 12.7 Å². The number of ketones is 1. The van der Waals surface area contributed by atoms with E-state index < -0.39 is 0 Å². The van der Waals surface area contributed by atoms with Crippen LogP contribution in [-0.4, -0.2) is 18.5 Å². The molecule has 0 spiro atoms. The van der Waals surface area contributed by atoms with E-state index in [4.69, 9.17) is 4.74 Å². The van der Waals surface area contributed by atoms with Crippen molar-refractivity contribution in [1.82, 2.24) is 0 Å². The Morgan fingerprint density at radius 1 is 2.00 bits per heavy atom. The van der Waals surface area contributed by atoms with E-state index in [0.717, 1.165) is 0 Å². The van der Waals surface area contributed by atoms with Gasteiger partial charge in [-0.15, -0.1) is 6.58 Å². The first-order valence-corrected chi connectivity index (χ1v) is 2.60. The predicted molar refractivity (Wildman–Crippen MR) is 29.6 cm³/mol. The quantitative estimate of drug-likeness (QED) is 0.487. The Morgan fingerprint density at radius 3 is 2.88 bits per heavy atom. The van der Waals surface area contributed by atoms with Crippen LogP contribution in [0.2, 0.25) is 0 Å². The van der Waals surface area contributed by atoms with Crippen LogP contribution in [-0.2, 0) is 9.53 Å². The molecule has 0 saturated carbocycles. The van der Waals surface area contributed by atoms with Gasteiger partial charge in [0.15, 0.2) is 5.78 Å². The van der Waals surface area contributed by atoms with Gasteiger partial charge in [0, 0.05) is 0 Å². The third-order valence-corrected chi connectivity index (χ3v) is 1.17. The van der Waals surface area contributed by atoms with Crippen molar-refractivity contribution in [3.63, 3.8) is 0 Å². The van der Waals surface area contributed by atoms with Gasteiger partial charge >= 0.3 is 0 Å². The van der Waals surface area contributed by atoms with E-state index in [2.05, 4.69) is 6.58 Å². The van der Waals surface area contributed by atoms with Gasteiger partial charge < -0.3 is 4.74 Å². The number of ether oxygens (including phenoxy) is 1. The maximum absolute atomic E-state index is 10.4. The highest BCUT2D eigenvalue weighted by Gasteiger charge is 2.27. The predicted octanol–water partition coefficient (Wildman–Crippen LogP) is 0.530. The highest BCUT2D eigenvalue weighted by atomic mass is 16.5. The second-order valence-electron chi connectivity index (χ2n) is 1.79. The molecule has 0 aromatic heterocycles. The van der Waals surface area contributed by atoms with Crippen molar-refractivity contribution in [2.24, 2.45) is 0 Å². The summed E-state index contributed by atoms with van der Waals surface area (Å²) in [5.74, 6) is 0.199. The Balaban J connectivity index is 2.26. The Bertz CT molecular complexity index is 118. The van der Waals surface area contributed by atoms with E-state index in [-0.39, 0.29) is 11.9 Å². The van der Waals surface area contributed by atoms with Crippen molar-refractivity contribution in [2.45, 2.75) is 12.5 Å². The monoisotopic (exact) mass is 112 g/mol. The Hall–Kier alpha value is -0.630. The Labute approximate surface area is 48.1 Å². The first kappa shape index (κ1) is 5.51. The normalized spacial score (nSPS) is 27.0. The van der Waals surface area contributed by atoms with Gasteiger partial charge in [-0.05, 0) is 6.42 Å². The van der Waals surface area contributed by atoms with Gasteiger partial charge in [-0.2, -0.15) is 0 Å². The summed E-state index contributed by atoms with van der Waals surface area (Å²) in [6, 6.07) is 0. The molecule has 0 aromatic carbocycles. The van der Waals surface area contributed by atoms with Gasteiger partial charge in [-0.1, -0.05) is 6.08 Å². The lowest BCUT2D eigenvalue weighted by atomic mass is 10.1. The van der Waals surface area contributed by atoms with E-state index in [9.17, 15) is 4.79 Å². The van der Waals surface area contributed by atoms with E-state index >= 15 is 0 Å². The Morgan fingerprint density at radius 2 is 2.75 bits per heavy atom. The van der Waals surface area contributed by atoms with Crippen LogP contribution in [0.4, 0.5) is 0 Å². The zero-order chi connectivity index (χ0) is 5.98. The number of Topliss-reactive ketones (excluding diaryl/α,β-unsaturated/α-hetero) is 1. The van der Waals surface area contributed by atoms with Crippen molar-refractivity contribution in [3.8, 4) is 0 Å². The SMILES string of the molecule is C=CCC1OCC1=O. The average molecular weight is 112 g/mol. The van der Waals surface area contributed by atoms with Crippen LogP contribution in [0.15, 0.2) is 12.7 Å². The van der Waals surface area contributed by atoms with Crippen LogP contribution < -0.4 is 0 Å². The molecule has 2 nitrogen and oxygen atoms in total. The smallest absolute Gasteiger partial charge is 0.187 e. The molecule has 0 radical (unpaired) electrons. The molecular formula is C6H8O2. The second kappa shape index (κ2) is 2.09. The molecule has 0 amide bonds. The minimum absolute atomic E-state index is 0.160.